The van der Waals surface area contributed by atoms with Gasteiger partial charge in [-0.3, -0.25) is 14.9 Å². The number of nitrogens with two attached hydrogens (primary N) is 1. The SMILES string of the molecule is CCN(Cc1ccc(OCc2ccccc2)cc1)C(=O)COc1ccc(S(N)(=O)=O)cc1[N+](=O)[O-]. The number of benzene rings is 3. The fourth-order valence-electron chi connectivity index (χ4n) is 3.20. The van der Waals surface area contributed by atoms with E-state index in [4.69, 9.17) is 14.6 Å². The van der Waals surface area contributed by atoms with Crippen molar-refractivity contribution < 1.29 is 27.6 Å². The Bertz CT molecular complexity index is 1280. The maximum atomic E-state index is 12.7. The summed E-state index contributed by atoms with van der Waals surface area (Å²) in [5.41, 5.74) is 1.33. The maximum Gasteiger partial charge on any atom is 0.312 e. The van der Waals surface area contributed by atoms with Gasteiger partial charge in [-0.05, 0) is 42.3 Å². The molecule has 0 aliphatic carbocycles. The molecule has 0 bridgehead atoms. The summed E-state index contributed by atoms with van der Waals surface area (Å²) in [5.74, 6) is 0.0824. The third-order valence-electron chi connectivity index (χ3n) is 5.09. The van der Waals surface area contributed by atoms with Gasteiger partial charge in [0.15, 0.2) is 12.4 Å². The number of nitro groups is 1. The van der Waals surface area contributed by atoms with Crippen molar-refractivity contribution in [3.63, 3.8) is 0 Å². The highest BCUT2D eigenvalue weighted by molar-refractivity contribution is 7.89. The zero-order valence-electron chi connectivity index (χ0n) is 19.0. The van der Waals surface area contributed by atoms with Gasteiger partial charge in [0.2, 0.25) is 10.0 Å². The second-order valence-corrected chi connectivity index (χ2v) is 9.11. The molecule has 0 aromatic heterocycles. The molecule has 3 rings (SSSR count). The summed E-state index contributed by atoms with van der Waals surface area (Å²) in [5, 5.41) is 16.3. The fourth-order valence-corrected chi connectivity index (χ4v) is 3.73. The predicted octanol–water partition coefficient (Wildman–Crippen LogP) is 3.25. The van der Waals surface area contributed by atoms with Gasteiger partial charge in [-0.1, -0.05) is 42.5 Å². The molecule has 35 heavy (non-hydrogen) atoms. The molecule has 11 heteroatoms. The number of rotatable bonds is 11. The Morgan fingerprint density at radius 1 is 1.00 bits per heavy atom. The second-order valence-electron chi connectivity index (χ2n) is 7.55. The molecule has 0 fully saturated rings. The van der Waals surface area contributed by atoms with Gasteiger partial charge >= 0.3 is 5.69 Å². The molecule has 2 N–H and O–H groups in total. The molecular weight excluding hydrogens is 474 g/mol. The Kier molecular flexibility index (Phi) is 8.39. The maximum absolute atomic E-state index is 12.7. The summed E-state index contributed by atoms with van der Waals surface area (Å²) in [4.78, 5) is 24.3. The van der Waals surface area contributed by atoms with Gasteiger partial charge in [0.1, 0.15) is 12.4 Å². The Morgan fingerprint density at radius 2 is 1.69 bits per heavy atom. The van der Waals surface area contributed by atoms with Gasteiger partial charge < -0.3 is 14.4 Å². The number of primary sulfonamides is 1. The van der Waals surface area contributed by atoms with Gasteiger partial charge in [-0.2, -0.15) is 0 Å². The predicted molar refractivity (Wildman–Crippen MR) is 128 cm³/mol. The number of amides is 1. The van der Waals surface area contributed by atoms with Crippen LogP contribution in [0.1, 0.15) is 18.1 Å². The van der Waals surface area contributed by atoms with Crippen LogP contribution in [0.4, 0.5) is 5.69 Å². The van der Waals surface area contributed by atoms with Gasteiger partial charge in [0.25, 0.3) is 5.91 Å². The van der Waals surface area contributed by atoms with Crippen LogP contribution in [0.5, 0.6) is 11.5 Å². The van der Waals surface area contributed by atoms with Crippen LogP contribution in [0.25, 0.3) is 0 Å². The van der Waals surface area contributed by atoms with Crippen LogP contribution in [0.2, 0.25) is 0 Å². The number of carbonyl (C=O) groups is 1. The average molecular weight is 500 g/mol. The monoisotopic (exact) mass is 499 g/mol. The lowest BCUT2D eigenvalue weighted by molar-refractivity contribution is -0.386. The lowest BCUT2D eigenvalue weighted by Crippen LogP contribution is -2.34. The third kappa shape index (κ3) is 7.26. The fraction of sp³-hybridized carbons (Fsp3) is 0.208. The number of sulfonamides is 1. The molecular formula is C24H25N3O7S. The second kappa shape index (κ2) is 11.4. The molecule has 0 saturated carbocycles. The summed E-state index contributed by atoms with van der Waals surface area (Å²) in [6.07, 6.45) is 0. The van der Waals surface area contributed by atoms with E-state index >= 15 is 0 Å². The van der Waals surface area contributed by atoms with Crippen molar-refractivity contribution in [3.05, 3.63) is 94.0 Å². The molecule has 0 atom stereocenters. The standard InChI is InChI=1S/C24H25N3O7S/c1-2-26(15-18-8-10-20(11-9-18)33-16-19-6-4-3-5-7-19)24(28)17-34-23-13-12-21(35(25,31)32)14-22(23)27(29)30/h3-14H,2,15-17H2,1H3,(H2,25,31,32). The minimum atomic E-state index is -4.12. The number of hydrogen-bond donors (Lipinski definition) is 1. The molecule has 3 aromatic rings. The first-order chi connectivity index (χ1) is 16.7. The molecule has 0 heterocycles. The number of likely N-dealkylation sites (N-methyl/N-ethyl adjacent to an activating group) is 1. The highest BCUT2D eigenvalue weighted by Gasteiger charge is 2.22. The molecule has 1 amide bonds. The van der Waals surface area contributed by atoms with Crippen molar-refractivity contribution in [2.75, 3.05) is 13.2 Å². The summed E-state index contributed by atoms with van der Waals surface area (Å²) >= 11 is 0. The number of carbonyl (C=O) groups excluding carboxylic acids is 1. The average Bonchev–Trinajstić information content (AvgIpc) is 2.85. The van der Waals surface area contributed by atoms with Crippen LogP contribution in [0.15, 0.2) is 77.7 Å². The molecule has 3 aromatic carbocycles. The van der Waals surface area contributed by atoms with Crippen molar-refractivity contribution >= 4 is 21.6 Å². The summed E-state index contributed by atoms with van der Waals surface area (Å²) in [6, 6.07) is 20.1. The van der Waals surface area contributed by atoms with E-state index in [0.29, 0.717) is 25.4 Å². The Morgan fingerprint density at radius 3 is 2.29 bits per heavy atom. The van der Waals surface area contributed by atoms with Gasteiger partial charge in [-0.15, -0.1) is 0 Å². The Hall–Kier alpha value is -3.96. The van der Waals surface area contributed by atoms with Crippen molar-refractivity contribution in [2.45, 2.75) is 25.0 Å². The molecule has 0 spiro atoms. The molecule has 0 aliphatic rings. The van der Waals surface area contributed by atoms with E-state index in [-0.39, 0.29) is 11.7 Å². The van der Waals surface area contributed by atoms with E-state index in [2.05, 4.69) is 0 Å². The van der Waals surface area contributed by atoms with Gasteiger partial charge in [0.05, 0.1) is 9.82 Å². The van der Waals surface area contributed by atoms with Crippen molar-refractivity contribution in [1.82, 2.24) is 4.90 Å². The van der Waals surface area contributed by atoms with Crippen LogP contribution < -0.4 is 14.6 Å². The Labute approximate surface area is 203 Å². The van der Waals surface area contributed by atoms with E-state index in [9.17, 15) is 23.3 Å². The minimum Gasteiger partial charge on any atom is -0.489 e. The quantitative estimate of drug-likeness (QED) is 0.315. The first kappa shape index (κ1) is 25.7. The minimum absolute atomic E-state index is 0.230. The van der Waals surface area contributed by atoms with Gasteiger partial charge in [-0.25, -0.2) is 13.6 Å². The zero-order valence-corrected chi connectivity index (χ0v) is 19.8. The number of nitro benzene ring substituents is 1. The van der Waals surface area contributed by atoms with Crippen molar-refractivity contribution in [1.29, 1.82) is 0 Å². The lowest BCUT2D eigenvalue weighted by atomic mass is 10.2. The van der Waals surface area contributed by atoms with E-state index in [1.807, 2.05) is 54.6 Å². The van der Waals surface area contributed by atoms with E-state index in [1.54, 1.807) is 6.92 Å². The van der Waals surface area contributed by atoms with E-state index < -0.39 is 32.1 Å². The summed E-state index contributed by atoms with van der Waals surface area (Å²) in [6.45, 7) is 2.49. The molecule has 0 unspecified atom stereocenters. The number of ether oxygens (including phenoxy) is 2. The molecule has 0 aliphatic heterocycles. The number of nitrogens with zero attached hydrogens (tertiary/aromatic N) is 2. The Balaban J connectivity index is 1.59. The van der Waals surface area contributed by atoms with Crippen LogP contribution in [-0.2, 0) is 28.0 Å². The smallest absolute Gasteiger partial charge is 0.312 e. The first-order valence-electron chi connectivity index (χ1n) is 10.6. The van der Waals surface area contributed by atoms with Crippen LogP contribution >= 0.6 is 0 Å². The van der Waals surface area contributed by atoms with Crippen molar-refractivity contribution in [3.8, 4) is 11.5 Å². The molecule has 10 nitrogen and oxygen atoms in total. The lowest BCUT2D eigenvalue weighted by Gasteiger charge is -2.21. The van der Waals surface area contributed by atoms with Crippen LogP contribution in [0.3, 0.4) is 0 Å². The summed E-state index contributed by atoms with van der Waals surface area (Å²) in [7, 11) is -4.12. The zero-order chi connectivity index (χ0) is 25.4. The topological polar surface area (TPSA) is 142 Å². The first-order valence-corrected chi connectivity index (χ1v) is 12.2. The highest BCUT2D eigenvalue weighted by atomic mass is 32.2. The normalized spacial score (nSPS) is 11.0. The van der Waals surface area contributed by atoms with Crippen LogP contribution in [-0.4, -0.2) is 37.3 Å². The van der Waals surface area contributed by atoms with E-state index in [1.165, 1.54) is 4.90 Å². The van der Waals surface area contributed by atoms with Crippen LogP contribution in [0, 0.1) is 10.1 Å². The van der Waals surface area contributed by atoms with Crippen molar-refractivity contribution in [2.24, 2.45) is 5.14 Å². The molecule has 0 saturated heterocycles. The molecule has 0 radical (unpaired) electrons. The van der Waals surface area contributed by atoms with E-state index in [0.717, 1.165) is 29.3 Å². The summed E-state index contributed by atoms with van der Waals surface area (Å²) < 4.78 is 34.0. The highest BCUT2D eigenvalue weighted by Crippen LogP contribution is 2.29. The third-order valence-corrected chi connectivity index (χ3v) is 6.00. The number of hydrogen-bond acceptors (Lipinski definition) is 7. The largest absolute Gasteiger partial charge is 0.489 e. The molecule has 184 valence electrons. The van der Waals surface area contributed by atoms with Gasteiger partial charge in [0, 0.05) is 19.2 Å².